The van der Waals surface area contributed by atoms with Crippen LogP contribution >= 0.6 is 0 Å². The summed E-state index contributed by atoms with van der Waals surface area (Å²) in [6, 6.07) is 5.68. The van der Waals surface area contributed by atoms with Crippen molar-refractivity contribution in [3.8, 4) is 0 Å². The molecule has 0 unspecified atom stereocenters. The van der Waals surface area contributed by atoms with E-state index in [0.29, 0.717) is 13.0 Å². The molecule has 2 heterocycles. The molecule has 0 spiro atoms. The van der Waals surface area contributed by atoms with Crippen molar-refractivity contribution in [3.05, 3.63) is 35.9 Å². The number of nitrogen functional groups attached to an aromatic ring is 1. The molecular formula is C14H17N5O. The molecule has 1 aliphatic heterocycles. The predicted molar refractivity (Wildman–Crippen MR) is 76.1 cm³/mol. The summed E-state index contributed by atoms with van der Waals surface area (Å²) in [7, 11) is 0. The number of anilines is 2. The van der Waals surface area contributed by atoms with Crippen LogP contribution in [-0.4, -0.2) is 20.7 Å². The van der Waals surface area contributed by atoms with E-state index in [1.807, 2.05) is 25.1 Å². The summed E-state index contributed by atoms with van der Waals surface area (Å²) < 4.78 is 1.80. The summed E-state index contributed by atoms with van der Waals surface area (Å²) in [4.78, 5) is 18.2. The van der Waals surface area contributed by atoms with Gasteiger partial charge >= 0.3 is 0 Å². The summed E-state index contributed by atoms with van der Waals surface area (Å²) in [5.74, 6) is 0.915. The van der Waals surface area contributed by atoms with Gasteiger partial charge in [0.05, 0.1) is 6.54 Å². The first-order chi connectivity index (χ1) is 9.69. The van der Waals surface area contributed by atoms with Gasteiger partial charge in [-0.2, -0.15) is 5.10 Å². The normalized spacial score (nSPS) is 14.4. The minimum absolute atomic E-state index is 0.118. The van der Waals surface area contributed by atoms with E-state index in [9.17, 15) is 4.79 Å². The van der Waals surface area contributed by atoms with Gasteiger partial charge in [0.2, 0.25) is 5.91 Å². The second-order valence-electron chi connectivity index (χ2n) is 4.86. The van der Waals surface area contributed by atoms with Crippen LogP contribution in [-0.2, 0) is 24.3 Å². The number of carbonyl (C=O) groups excluding carboxylic acids is 1. The van der Waals surface area contributed by atoms with Gasteiger partial charge in [-0.05, 0) is 37.1 Å². The number of carbonyl (C=O) groups is 1. The molecule has 6 nitrogen and oxygen atoms in total. The van der Waals surface area contributed by atoms with Crippen LogP contribution in [0.25, 0.3) is 0 Å². The van der Waals surface area contributed by atoms with Crippen LogP contribution in [0, 0.1) is 0 Å². The number of fused-ring (bicyclic) bond motifs is 1. The lowest BCUT2D eigenvalue weighted by Gasteiger charge is -2.29. The van der Waals surface area contributed by atoms with Crippen molar-refractivity contribution in [1.29, 1.82) is 0 Å². The standard InChI is InChI=1S/C14H17N5O/c1-2-19-13(16-9-17-19)8-18-12-5-4-11(15)7-10(12)3-6-14(18)20/h4-5,7,9H,2-3,6,8,15H2,1H3. The smallest absolute Gasteiger partial charge is 0.227 e. The molecule has 2 aromatic rings. The lowest BCUT2D eigenvalue weighted by molar-refractivity contribution is -0.119. The van der Waals surface area contributed by atoms with Gasteiger partial charge < -0.3 is 10.6 Å². The number of aryl methyl sites for hydroxylation is 2. The van der Waals surface area contributed by atoms with E-state index < -0.39 is 0 Å². The molecule has 0 radical (unpaired) electrons. The molecule has 2 N–H and O–H groups in total. The number of amides is 1. The fourth-order valence-electron chi connectivity index (χ4n) is 2.57. The molecule has 1 amide bonds. The van der Waals surface area contributed by atoms with Crippen LogP contribution in [0.3, 0.4) is 0 Å². The molecular weight excluding hydrogens is 254 g/mol. The quantitative estimate of drug-likeness (QED) is 0.855. The molecule has 104 valence electrons. The first kappa shape index (κ1) is 12.7. The molecule has 0 atom stereocenters. The summed E-state index contributed by atoms with van der Waals surface area (Å²) >= 11 is 0. The SMILES string of the molecule is CCn1ncnc1CN1C(=O)CCc2cc(N)ccc21. The topological polar surface area (TPSA) is 77.0 Å². The summed E-state index contributed by atoms with van der Waals surface area (Å²) in [5, 5.41) is 4.14. The van der Waals surface area contributed by atoms with Crippen molar-refractivity contribution >= 4 is 17.3 Å². The molecule has 1 aliphatic rings. The Morgan fingerprint density at radius 3 is 3.00 bits per heavy atom. The highest BCUT2D eigenvalue weighted by Gasteiger charge is 2.25. The number of rotatable bonds is 3. The van der Waals surface area contributed by atoms with E-state index in [-0.39, 0.29) is 5.91 Å². The van der Waals surface area contributed by atoms with Crippen molar-refractivity contribution < 1.29 is 4.79 Å². The maximum absolute atomic E-state index is 12.2. The Balaban J connectivity index is 1.95. The van der Waals surface area contributed by atoms with Gasteiger partial charge in [0.1, 0.15) is 12.2 Å². The van der Waals surface area contributed by atoms with Crippen molar-refractivity contribution in [1.82, 2.24) is 14.8 Å². The predicted octanol–water partition coefficient (Wildman–Crippen LogP) is 1.36. The monoisotopic (exact) mass is 271 g/mol. The van der Waals surface area contributed by atoms with E-state index in [1.54, 1.807) is 9.58 Å². The fourth-order valence-corrected chi connectivity index (χ4v) is 2.57. The van der Waals surface area contributed by atoms with Gasteiger partial charge in [-0.3, -0.25) is 4.79 Å². The van der Waals surface area contributed by atoms with E-state index in [2.05, 4.69) is 10.1 Å². The fraction of sp³-hybridized carbons (Fsp3) is 0.357. The molecule has 1 aromatic heterocycles. The molecule has 1 aromatic carbocycles. The van der Waals surface area contributed by atoms with Crippen LogP contribution in [0.15, 0.2) is 24.5 Å². The van der Waals surface area contributed by atoms with Crippen LogP contribution in [0.2, 0.25) is 0 Å². The average Bonchev–Trinajstić information content (AvgIpc) is 2.89. The summed E-state index contributed by atoms with van der Waals surface area (Å²) in [6.45, 7) is 3.19. The average molecular weight is 271 g/mol. The molecule has 0 saturated heterocycles. The van der Waals surface area contributed by atoms with E-state index in [0.717, 1.165) is 35.7 Å². The van der Waals surface area contributed by atoms with Gasteiger partial charge in [0.15, 0.2) is 0 Å². The third-order valence-electron chi connectivity index (χ3n) is 3.60. The largest absolute Gasteiger partial charge is 0.399 e. The van der Waals surface area contributed by atoms with Crippen molar-refractivity contribution in [2.24, 2.45) is 0 Å². The molecule has 0 fully saturated rings. The number of hydrogen-bond acceptors (Lipinski definition) is 4. The van der Waals surface area contributed by atoms with Crippen LogP contribution in [0.1, 0.15) is 24.7 Å². The van der Waals surface area contributed by atoms with Gasteiger partial charge in [0.25, 0.3) is 0 Å². The van der Waals surface area contributed by atoms with Crippen LogP contribution in [0.4, 0.5) is 11.4 Å². The van der Waals surface area contributed by atoms with Crippen LogP contribution in [0.5, 0.6) is 0 Å². The first-order valence-electron chi connectivity index (χ1n) is 6.74. The summed E-state index contributed by atoms with van der Waals surface area (Å²) in [5.41, 5.74) is 8.59. The number of hydrogen-bond donors (Lipinski definition) is 1. The molecule has 20 heavy (non-hydrogen) atoms. The molecule has 0 aliphatic carbocycles. The Bertz CT molecular complexity index is 649. The number of aromatic nitrogens is 3. The van der Waals surface area contributed by atoms with E-state index >= 15 is 0 Å². The Kier molecular flexibility index (Phi) is 3.14. The lowest BCUT2D eigenvalue weighted by atomic mass is 10.0. The van der Waals surface area contributed by atoms with Crippen molar-refractivity contribution in [3.63, 3.8) is 0 Å². The highest BCUT2D eigenvalue weighted by atomic mass is 16.2. The van der Waals surface area contributed by atoms with E-state index in [1.165, 1.54) is 6.33 Å². The van der Waals surface area contributed by atoms with Gasteiger partial charge in [0, 0.05) is 24.3 Å². The molecule has 6 heteroatoms. The molecule has 0 saturated carbocycles. The Labute approximate surface area is 117 Å². The minimum Gasteiger partial charge on any atom is -0.399 e. The third kappa shape index (κ3) is 2.13. The zero-order valence-corrected chi connectivity index (χ0v) is 11.4. The van der Waals surface area contributed by atoms with Gasteiger partial charge in [-0.15, -0.1) is 0 Å². The highest BCUT2D eigenvalue weighted by molar-refractivity contribution is 5.96. The van der Waals surface area contributed by atoms with Crippen molar-refractivity contribution in [2.75, 3.05) is 10.6 Å². The molecule has 3 rings (SSSR count). The zero-order chi connectivity index (χ0) is 14.1. The Morgan fingerprint density at radius 2 is 2.20 bits per heavy atom. The Morgan fingerprint density at radius 1 is 1.35 bits per heavy atom. The van der Waals surface area contributed by atoms with Gasteiger partial charge in [-0.1, -0.05) is 0 Å². The second-order valence-corrected chi connectivity index (χ2v) is 4.86. The number of nitrogens with zero attached hydrogens (tertiary/aromatic N) is 4. The second kappa shape index (κ2) is 4.96. The Hall–Kier alpha value is -2.37. The molecule has 0 bridgehead atoms. The number of benzene rings is 1. The summed E-state index contributed by atoms with van der Waals surface area (Å²) in [6.07, 6.45) is 2.78. The minimum atomic E-state index is 0.118. The zero-order valence-electron chi connectivity index (χ0n) is 11.4. The lowest BCUT2D eigenvalue weighted by Crippen LogP contribution is -2.35. The van der Waals surface area contributed by atoms with E-state index in [4.69, 9.17) is 5.73 Å². The first-order valence-corrected chi connectivity index (χ1v) is 6.74. The highest BCUT2D eigenvalue weighted by Crippen LogP contribution is 2.30. The van der Waals surface area contributed by atoms with Crippen molar-refractivity contribution in [2.45, 2.75) is 32.9 Å². The van der Waals surface area contributed by atoms with Gasteiger partial charge in [-0.25, -0.2) is 9.67 Å². The third-order valence-corrected chi connectivity index (χ3v) is 3.60. The number of nitrogens with two attached hydrogens (primary N) is 1. The van der Waals surface area contributed by atoms with Crippen LogP contribution < -0.4 is 10.6 Å². The maximum atomic E-state index is 12.2. The maximum Gasteiger partial charge on any atom is 0.227 e.